The average molecular weight is 220 g/mol. The summed E-state index contributed by atoms with van der Waals surface area (Å²) < 4.78 is 1.79. The number of rotatable bonds is 2. The number of hydrogen-bond donors (Lipinski definition) is 0. The molecule has 76 valence electrons. The molecule has 15 heavy (non-hydrogen) atoms. The van der Waals surface area contributed by atoms with Gasteiger partial charge in [0.1, 0.15) is 0 Å². The fraction of sp³-hybridized carbons (Fsp3) is 0.0833. The van der Waals surface area contributed by atoms with Crippen LogP contribution < -0.4 is 0 Å². The fourth-order valence-corrected chi connectivity index (χ4v) is 1.66. The number of aromatic nitrogens is 1. The van der Waals surface area contributed by atoms with Crippen LogP contribution in [0, 0.1) is 0 Å². The monoisotopic (exact) mass is 219 g/mol. The van der Waals surface area contributed by atoms with Crippen LogP contribution in [0.2, 0.25) is 5.02 Å². The van der Waals surface area contributed by atoms with Gasteiger partial charge < -0.3 is 4.57 Å². The van der Waals surface area contributed by atoms with Gasteiger partial charge in [-0.25, -0.2) is 0 Å². The zero-order valence-corrected chi connectivity index (χ0v) is 9.03. The number of carbonyl (C=O) groups excluding carboxylic acids is 1. The lowest BCUT2D eigenvalue weighted by Crippen LogP contribution is -2.06. The molecule has 3 heteroatoms. The van der Waals surface area contributed by atoms with Gasteiger partial charge in [0, 0.05) is 23.8 Å². The number of nitrogens with zero attached hydrogens (tertiary/aromatic N) is 1. The Hall–Kier alpha value is -1.54. The molecule has 1 aromatic heterocycles. The van der Waals surface area contributed by atoms with E-state index in [2.05, 4.69) is 0 Å². The van der Waals surface area contributed by atoms with Crippen molar-refractivity contribution in [3.8, 4) is 0 Å². The van der Waals surface area contributed by atoms with E-state index < -0.39 is 0 Å². The van der Waals surface area contributed by atoms with Crippen molar-refractivity contribution in [2.75, 3.05) is 0 Å². The molecule has 0 saturated carbocycles. The second-order valence-electron chi connectivity index (χ2n) is 3.34. The molecule has 0 N–H and O–H groups in total. The van der Waals surface area contributed by atoms with Crippen molar-refractivity contribution in [1.82, 2.24) is 4.57 Å². The predicted molar refractivity (Wildman–Crippen MR) is 60.3 cm³/mol. The summed E-state index contributed by atoms with van der Waals surface area (Å²) in [6.45, 7) is 0. The highest BCUT2D eigenvalue weighted by atomic mass is 35.5. The molecule has 0 bridgehead atoms. The summed E-state index contributed by atoms with van der Waals surface area (Å²) in [5, 5.41) is 0.579. The van der Waals surface area contributed by atoms with E-state index in [4.69, 9.17) is 11.6 Å². The van der Waals surface area contributed by atoms with Crippen LogP contribution in [0.4, 0.5) is 0 Å². The smallest absolute Gasteiger partial charge is 0.209 e. The van der Waals surface area contributed by atoms with Gasteiger partial charge >= 0.3 is 0 Å². The Morgan fingerprint density at radius 3 is 2.67 bits per heavy atom. The lowest BCUT2D eigenvalue weighted by molar-refractivity contribution is 0.103. The Bertz CT molecular complexity index is 502. The van der Waals surface area contributed by atoms with E-state index in [1.54, 1.807) is 34.9 Å². The van der Waals surface area contributed by atoms with Gasteiger partial charge in [-0.3, -0.25) is 4.79 Å². The molecule has 1 heterocycles. The minimum atomic E-state index is -0.00926. The maximum atomic E-state index is 12.0. The molecule has 0 aliphatic carbocycles. The van der Waals surface area contributed by atoms with Crippen molar-refractivity contribution in [3.63, 3.8) is 0 Å². The first-order valence-electron chi connectivity index (χ1n) is 4.60. The summed E-state index contributed by atoms with van der Waals surface area (Å²) in [4.78, 5) is 12.0. The maximum Gasteiger partial charge on any atom is 0.209 e. The number of benzene rings is 1. The molecule has 0 radical (unpaired) electrons. The van der Waals surface area contributed by atoms with Crippen LogP contribution in [-0.2, 0) is 7.05 Å². The van der Waals surface area contributed by atoms with Crippen molar-refractivity contribution < 1.29 is 4.79 Å². The van der Waals surface area contributed by atoms with Gasteiger partial charge in [0.25, 0.3) is 0 Å². The van der Waals surface area contributed by atoms with Crippen LogP contribution in [0.1, 0.15) is 16.1 Å². The lowest BCUT2D eigenvalue weighted by Gasteiger charge is -2.02. The molecule has 0 unspecified atom stereocenters. The van der Waals surface area contributed by atoms with Gasteiger partial charge in [-0.1, -0.05) is 23.7 Å². The molecule has 0 saturated heterocycles. The van der Waals surface area contributed by atoms with Crippen LogP contribution in [0.3, 0.4) is 0 Å². The van der Waals surface area contributed by atoms with Gasteiger partial charge in [-0.05, 0) is 24.3 Å². The summed E-state index contributed by atoms with van der Waals surface area (Å²) in [7, 11) is 1.85. The minimum Gasteiger partial charge on any atom is -0.348 e. The first-order valence-corrected chi connectivity index (χ1v) is 4.98. The number of halogens is 1. The highest BCUT2D eigenvalue weighted by molar-refractivity contribution is 6.31. The molecule has 0 aliphatic rings. The molecule has 0 aliphatic heterocycles. The predicted octanol–water partition coefficient (Wildman–Crippen LogP) is 2.91. The topological polar surface area (TPSA) is 22.0 Å². The van der Waals surface area contributed by atoms with E-state index in [9.17, 15) is 4.79 Å². The molecule has 2 aromatic rings. The Balaban J connectivity index is 2.41. The van der Waals surface area contributed by atoms with Crippen molar-refractivity contribution in [2.24, 2.45) is 7.05 Å². The summed E-state index contributed by atoms with van der Waals surface area (Å²) in [5.41, 5.74) is 1.28. The summed E-state index contributed by atoms with van der Waals surface area (Å²) in [6, 6.07) is 10.6. The number of aryl methyl sites for hydroxylation is 1. The van der Waals surface area contributed by atoms with Crippen molar-refractivity contribution in [2.45, 2.75) is 0 Å². The molecular weight excluding hydrogens is 210 g/mol. The SMILES string of the molecule is Cn1cccc1C(=O)c1cccc(Cl)c1. The van der Waals surface area contributed by atoms with Gasteiger partial charge in [0.05, 0.1) is 5.69 Å². The minimum absolute atomic E-state index is 0.00926. The third-order valence-electron chi connectivity index (χ3n) is 2.26. The molecule has 0 fully saturated rings. The molecule has 2 rings (SSSR count). The van der Waals surface area contributed by atoms with E-state index >= 15 is 0 Å². The van der Waals surface area contributed by atoms with Gasteiger partial charge in [0.15, 0.2) is 0 Å². The second kappa shape index (κ2) is 3.91. The van der Waals surface area contributed by atoms with Gasteiger partial charge in [-0.15, -0.1) is 0 Å². The largest absolute Gasteiger partial charge is 0.348 e. The van der Waals surface area contributed by atoms with Gasteiger partial charge in [-0.2, -0.15) is 0 Å². The Labute approximate surface area is 93.1 Å². The Kier molecular flexibility index (Phi) is 2.60. The Morgan fingerprint density at radius 1 is 1.27 bits per heavy atom. The van der Waals surface area contributed by atoms with E-state index in [0.717, 1.165) is 0 Å². The van der Waals surface area contributed by atoms with E-state index in [1.165, 1.54) is 0 Å². The zero-order chi connectivity index (χ0) is 10.8. The molecular formula is C12H10ClNO. The summed E-state index contributed by atoms with van der Waals surface area (Å²) in [6.07, 6.45) is 1.85. The first kappa shape index (κ1) is 9.99. The number of hydrogen-bond acceptors (Lipinski definition) is 1. The van der Waals surface area contributed by atoms with Crippen LogP contribution in [0.25, 0.3) is 0 Å². The fourth-order valence-electron chi connectivity index (χ4n) is 1.47. The summed E-state index contributed by atoms with van der Waals surface area (Å²) >= 11 is 5.83. The third kappa shape index (κ3) is 1.95. The summed E-state index contributed by atoms with van der Waals surface area (Å²) in [5.74, 6) is -0.00926. The number of ketones is 1. The van der Waals surface area contributed by atoms with E-state index in [0.29, 0.717) is 16.3 Å². The third-order valence-corrected chi connectivity index (χ3v) is 2.50. The lowest BCUT2D eigenvalue weighted by atomic mass is 10.1. The average Bonchev–Trinajstić information content (AvgIpc) is 2.63. The molecule has 0 spiro atoms. The molecule has 0 amide bonds. The highest BCUT2D eigenvalue weighted by Gasteiger charge is 2.11. The maximum absolute atomic E-state index is 12.0. The van der Waals surface area contributed by atoms with Crippen molar-refractivity contribution in [1.29, 1.82) is 0 Å². The normalized spacial score (nSPS) is 10.3. The van der Waals surface area contributed by atoms with E-state index in [-0.39, 0.29) is 5.78 Å². The molecule has 2 nitrogen and oxygen atoms in total. The highest BCUT2D eigenvalue weighted by Crippen LogP contribution is 2.14. The van der Waals surface area contributed by atoms with Crippen LogP contribution in [-0.4, -0.2) is 10.4 Å². The standard InChI is InChI=1S/C12H10ClNO/c1-14-7-3-6-11(14)12(15)9-4-2-5-10(13)8-9/h2-8H,1H3. The van der Waals surface area contributed by atoms with Gasteiger partial charge in [0.2, 0.25) is 5.78 Å². The first-order chi connectivity index (χ1) is 7.18. The molecule has 1 aromatic carbocycles. The zero-order valence-electron chi connectivity index (χ0n) is 8.27. The second-order valence-corrected chi connectivity index (χ2v) is 3.78. The molecule has 0 atom stereocenters. The van der Waals surface area contributed by atoms with Crippen molar-refractivity contribution in [3.05, 3.63) is 58.9 Å². The quantitative estimate of drug-likeness (QED) is 0.712. The number of carbonyl (C=O) groups is 1. The van der Waals surface area contributed by atoms with Crippen LogP contribution >= 0.6 is 11.6 Å². The van der Waals surface area contributed by atoms with Crippen LogP contribution in [0.15, 0.2) is 42.6 Å². The van der Waals surface area contributed by atoms with Crippen LogP contribution in [0.5, 0.6) is 0 Å². The van der Waals surface area contributed by atoms with E-state index in [1.807, 2.05) is 19.3 Å². The van der Waals surface area contributed by atoms with Crippen molar-refractivity contribution >= 4 is 17.4 Å². The Morgan fingerprint density at radius 2 is 2.07 bits per heavy atom.